The van der Waals surface area contributed by atoms with Crippen molar-refractivity contribution in [1.29, 1.82) is 0 Å². The quantitative estimate of drug-likeness (QED) is 0.595. The number of nitrogens with zero attached hydrogens (tertiary/aromatic N) is 1. The number of hydrogen-bond donors (Lipinski definition) is 1. The first-order chi connectivity index (χ1) is 14.3. The fraction of sp³-hybridized carbons (Fsp3) is 0.455. The highest BCUT2D eigenvalue weighted by atomic mass is 19.4. The molecule has 8 heteroatoms. The van der Waals surface area contributed by atoms with E-state index in [-0.39, 0.29) is 24.8 Å². The van der Waals surface area contributed by atoms with Crippen molar-refractivity contribution in [2.75, 3.05) is 19.8 Å². The van der Waals surface area contributed by atoms with Gasteiger partial charge in [0.2, 0.25) is 0 Å². The van der Waals surface area contributed by atoms with Gasteiger partial charge in [0.25, 0.3) is 0 Å². The molecule has 1 N–H and O–H groups in total. The Morgan fingerprint density at radius 2 is 1.73 bits per heavy atom. The summed E-state index contributed by atoms with van der Waals surface area (Å²) in [4.78, 5) is 2.18. The molecule has 0 unspecified atom stereocenters. The molecule has 3 rings (SSSR count). The van der Waals surface area contributed by atoms with E-state index in [0.717, 1.165) is 30.6 Å². The third kappa shape index (κ3) is 7.18. The third-order valence-corrected chi connectivity index (χ3v) is 4.48. The molecule has 0 fully saturated rings. The van der Waals surface area contributed by atoms with E-state index in [9.17, 15) is 17.6 Å². The van der Waals surface area contributed by atoms with E-state index >= 15 is 0 Å². The molecule has 166 valence electrons. The largest absolute Gasteiger partial charge is 0.573 e. The maximum atomic E-state index is 13.3. The number of halogens is 4. The van der Waals surface area contributed by atoms with Gasteiger partial charge in [0, 0.05) is 13.1 Å². The zero-order chi connectivity index (χ0) is 22.1. The topological polar surface area (TPSA) is 41.9 Å². The molecule has 0 atom stereocenters. The number of aliphatic hydroxyl groups excluding tert-OH is 1. The van der Waals surface area contributed by atoms with Crippen LogP contribution in [0, 0.1) is 5.82 Å². The normalized spacial score (nSPS) is 13.4. The first-order valence-electron chi connectivity index (χ1n) is 9.96. The van der Waals surface area contributed by atoms with Crippen LogP contribution in [-0.4, -0.2) is 36.1 Å². The van der Waals surface area contributed by atoms with E-state index in [4.69, 9.17) is 9.84 Å². The van der Waals surface area contributed by atoms with Crippen LogP contribution in [0.5, 0.6) is 11.5 Å². The van der Waals surface area contributed by atoms with Crippen molar-refractivity contribution in [3.8, 4) is 11.5 Å². The lowest BCUT2D eigenvalue weighted by molar-refractivity contribution is -0.275. The van der Waals surface area contributed by atoms with E-state index in [1.165, 1.54) is 18.2 Å². The van der Waals surface area contributed by atoms with Crippen molar-refractivity contribution in [1.82, 2.24) is 4.90 Å². The van der Waals surface area contributed by atoms with Gasteiger partial charge in [0.1, 0.15) is 12.4 Å². The fourth-order valence-corrected chi connectivity index (χ4v) is 3.29. The van der Waals surface area contributed by atoms with Gasteiger partial charge in [-0.3, -0.25) is 4.90 Å². The minimum atomic E-state index is -4.83. The molecule has 1 aliphatic heterocycles. The lowest BCUT2D eigenvalue weighted by Crippen LogP contribution is -2.19. The summed E-state index contributed by atoms with van der Waals surface area (Å²) in [6, 6.07) is 9.20. The van der Waals surface area contributed by atoms with Gasteiger partial charge in [-0.2, -0.15) is 0 Å². The molecule has 2 aromatic carbocycles. The molecule has 0 saturated heterocycles. The van der Waals surface area contributed by atoms with Crippen molar-refractivity contribution < 1.29 is 32.1 Å². The van der Waals surface area contributed by atoms with Crippen LogP contribution in [0.2, 0.25) is 0 Å². The Balaban J connectivity index is 0.00000155. The molecule has 0 saturated carbocycles. The zero-order valence-corrected chi connectivity index (χ0v) is 17.1. The van der Waals surface area contributed by atoms with Crippen molar-refractivity contribution in [3.05, 3.63) is 58.9 Å². The van der Waals surface area contributed by atoms with E-state index in [1.807, 2.05) is 13.8 Å². The second kappa shape index (κ2) is 11.2. The smallest absolute Gasteiger partial charge is 0.487 e. The number of hydrogen-bond acceptors (Lipinski definition) is 4. The van der Waals surface area contributed by atoms with Crippen LogP contribution in [0.1, 0.15) is 37.0 Å². The number of ether oxygens (including phenoxy) is 2. The minimum absolute atomic E-state index is 0.0628. The van der Waals surface area contributed by atoms with Crippen molar-refractivity contribution >= 4 is 0 Å². The summed E-state index contributed by atoms with van der Waals surface area (Å²) in [6.45, 7) is 5.73. The average Bonchev–Trinajstić information content (AvgIpc) is 3.09. The van der Waals surface area contributed by atoms with Crippen molar-refractivity contribution in [2.45, 2.75) is 46.1 Å². The summed E-state index contributed by atoms with van der Waals surface area (Å²) in [6.07, 6.45) is -3.53. The molecule has 1 aliphatic rings. The van der Waals surface area contributed by atoms with Gasteiger partial charge < -0.3 is 14.6 Å². The molecule has 0 aromatic heterocycles. The number of aliphatic hydroxyl groups is 1. The van der Waals surface area contributed by atoms with Gasteiger partial charge in [0.15, 0.2) is 11.5 Å². The second-order valence-corrected chi connectivity index (χ2v) is 6.63. The van der Waals surface area contributed by atoms with Gasteiger partial charge in [-0.1, -0.05) is 26.0 Å². The number of fused-ring (bicyclic) bond motifs is 1. The van der Waals surface area contributed by atoms with Gasteiger partial charge in [0.05, 0.1) is 6.61 Å². The Hall–Kier alpha value is -2.32. The maximum absolute atomic E-state index is 13.3. The molecule has 30 heavy (non-hydrogen) atoms. The summed E-state index contributed by atoms with van der Waals surface area (Å²) in [7, 11) is 0. The van der Waals surface area contributed by atoms with Crippen LogP contribution >= 0.6 is 0 Å². The number of aryl methyl sites for hydroxylation is 1. The predicted octanol–water partition coefficient (Wildman–Crippen LogP) is 5.07. The summed E-state index contributed by atoms with van der Waals surface area (Å²) in [5.74, 6) is -0.726. The molecule has 2 aromatic rings. The lowest BCUT2D eigenvalue weighted by Gasteiger charge is -2.16. The van der Waals surface area contributed by atoms with E-state index in [1.54, 1.807) is 18.2 Å². The Bertz CT molecular complexity index is 811. The fourth-order valence-electron chi connectivity index (χ4n) is 3.29. The van der Waals surface area contributed by atoms with E-state index in [2.05, 4.69) is 9.64 Å². The average molecular weight is 429 g/mol. The van der Waals surface area contributed by atoms with Crippen LogP contribution in [0.3, 0.4) is 0 Å². The van der Waals surface area contributed by atoms with Crippen LogP contribution in [0.15, 0.2) is 36.4 Å². The molecule has 0 radical (unpaired) electrons. The van der Waals surface area contributed by atoms with Crippen LogP contribution in [0.25, 0.3) is 0 Å². The minimum Gasteiger partial charge on any atom is -0.487 e. The molecule has 1 heterocycles. The summed E-state index contributed by atoms with van der Waals surface area (Å²) >= 11 is 0. The monoisotopic (exact) mass is 429 g/mol. The molecule has 0 bridgehead atoms. The number of rotatable bonds is 8. The summed E-state index contributed by atoms with van der Waals surface area (Å²) < 4.78 is 60.3. The van der Waals surface area contributed by atoms with Gasteiger partial charge in [-0.15, -0.1) is 13.2 Å². The first-order valence-corrected chi connectivity index (χ1v) is 9.96. The summed E-state index contributed by atoms with van der Waals surface area (Å²) in [5, 5.41) is 8.79. The van der Waals surface area contributed by atoms with Crippen molar-refractivity contribution in [2.24, 2.45) is 0 Å². The van der Waals surface area contributed by atoms with Gasteiger partial charge in [-0.05, 0) is 60.3 Å². The predicted molar refractivity (Wildman–Crippen MR) is 106 cm³/mol. The van der Waals surface area contributed by atoms with Crippen LogP contribution < -0.4 is 9.47 Å². The molecule has 4 nitrogen and oxygen atoms in total. The molecule has 0 spiro atoms. The number of alkyl halides is 3. The Kier molecular flexibility index (Phi) is 8.92. The lowest BCUT2D eigenvalue weighted by atomic mass is 10.1. The Morgan fingerprint density at radius 3 is 2.43 bits per heavy atom. The van der Waals surface area contributed by atoms with Gasteiger partial charge >= 0.3 is 6.36 Å². The molecule has 0 aliphatic carbocycles. The Morgan fingerprint density at radius 1 is 1.00 bits per heavy atom. The van der Waals surface area contributed by atoms with E-state index < -0.39 is 12.1 Å². The van der Waals surface area contributed by atoms with Crippen LogP contribution in [0.4, 0.5) is 17.6 Å². The SMILES string of the molecule is CC.OCCOc1ccc(CCCN2Cc3ccc(F)cc3C2)cc1OC(F)(F)F. The third-order valence-electron chi connectivity index (χ3n) is 4.48. The zero-order valence-electron chi connectivity index (χ0n) is 17.1. The highest BCUT2D eigenvalue weighted by Gasteiger charge is 2.32. The van der Waals surface area contributed by atoms with Crippen molar-refractivity contribution in [3.63, 3.8) is 0 Å². The maximum Gasteiger partial charge on any atom is 0.573 e. The Labute approximate surface area is 174 Å². The molecular formula is C22H27F4NO3. The van der Waals surface area contributed by atoms with E-state index in [0.29, 0.717) is 18.5 Å². The van der Waals surface area contributed by atoms with Crippen LogP contribution in [-0.2, 0) is 19.5 Å². The highest BCUT2D eigenvalue weighted by Crippen LogP contribution is 2.33. The van der Waals surface area contributed by atoms with Gasteiger partial charge in [-0.25, -0.2) is 4.39 Å². The second-order valence-electron chi connectivity index (χ2n) is 6.63. The molecule has 0 amide bonds. The highest BCUT2D eigenvalue weighted by molar-refractivity contribution is 5.43. The standard InChI is InChI=1S/C20H21F4NO3.C2H6/c21-17-5-4-15-12-25(13-16(15)11-17)7-1-2-14-3-6-18(27-9-8-26)19(10-14)28-20(22,23)24;1-2/h3-6,10-11,26H,1-2,7-9,12-13H2;1-2H3. The molecular weight excluding hydrogens is 402 g/mol. The number of benzene rings is 2. The summed E-state index contributed by atoms with van der Waals surface area (Å²) in [5.41, 5.74) is 2.78. The first kappa shape index (κ1) is 24.0.